The van der Waals surface area contributed by atoms with Gasteiger partial charge < -0.3 is 9.84 Å². The lowest BCUT2D eigenvalue weighted by Gasteiger charge is -2.41. The van der Waals surface area contributed by atoms with Gasteiger partial charge in [0, 0.05) is 6.61 Å². The number of aliphatic hydroxyl groups excluding tert-OH is 1. The molecule has 0 aromatic rings. The molecule has 0 amide bonds. The third kappa shape index (κ3) is 1.09. The summed E-state index contributed by atoms with van der Waals surface area (Å²) in [6.45, 7) is 2.86. The Hall–Kier alpha value is -0.0800. The Morgan fingerprint density at radius 3 is 2.82 bits per heavy atom. The number of aliphatic hydroxyl groups is 1. The van der Waals surface area contributed by atoms with Crippen molar-refractivity contribution in [2.75, 3.05) is 6.61 Å². The highest BCUT2D eigenvalue weighted by Crippen LogP contribution is 2.48. The van der Waals surface area contributed by atoms with E-state index >= 15 is 0 Å². The number of fused-ring (bicyclic) bond motifs is 1. The standard InChI is InChI=1S/C9H16O2/c1-2-11-9-5-7-6(9)3-4-8(7)10/h6-10H,2-5H2,1H3/t6-,7-,8+,9?/m0/s1. The van der Waals surface area contributed by atoms with Gasteiger partial charge in [-0.3, -0.25) is 0 Å². The highest BCUT2D eigenvalue weighted by atomic mass is 16.5. The molecule has 2 fully saturated rings. The summed E-state index contributed by atoms with van der Waals surface area (Å²) in [7, 11) is 0. The zero-order chi connectivity index (χ0) is 7.84. The molecule has 64 valence electrons. The second kappa shape index (κ2) is 2.76. The van der Waals surface area contributed by atoms with Gasteiger partial charge in [0.1, 0.15) is 0 Å². The zero-order valence-electron chi connectivity index (χ0n) is 6.99. The van der Waals surface area contributed by atoms with Crippen LogP contribution < -0.4 is 0 Å². The van der Waals surface area contributed by atoms with Gasteiger partial charge in [-0.15, -0.1) is 0 Å². The van der Waals surface area contributed by atoms with Crippen molar-refractivity contribution < 1.29 is 9.84 Å². The molecule has 0 saturated heterocycles. The monoisotopic (exact) mass is 156 g/mol. The summed E-state index contributed by atoms with van der Waals surface area (Å²) >= 11 is 0. The van der Waals surface area contributed by atoms with Crippen LogP contribution in [0.25, 0.3) is 0 Å². The second-order valence-corrected chi connectivity index (χ2v) is 3.70. The fourth-order valence-corrected chi connectivity index (χ4v) is 2.52. The van der Waals surface area contributed by atoms with Crippen LogP contribution in [0, 0.1) is 11.8 Å². The van der Waals surface area contributed by atoms with Crippen molar-refractivity contribution in [3.8, 4) is 0 Å². The fourth-order valence-electron chi connectivity index (χ4n) is 2.52. The quantitative estimate of drug-likeness (QED) is 0.650. The van der Waals surface area contributed by atoms with Crippen molar-refractivity contribution in [2.45, 2.75) is 38.4 Å². The van der Waals surface area contributed by atoms with E-state index in [0.29, 0.717) is 17.9 Å². The molecular weight excluding hydrogens is 140 g/mol. The molecule has 1 N–H and O–H groups in total. The van der Waals surface area contributed by atoms with E-state index in [1.165, 1.54) is 6.42 Å². The molecule has 0 aliphatic heterocycles. The summed E-state index contributed by atoms with van der Waals surface area (Å²) in [5.74, 6) is 1.26. The van der Waals surface area contributed by atoms with Gasteiger partial charge in [-0.2, -0.15) is 0 Å². The van der Waals surface area contributed by atoms with E-state index in [9.17, 15) is 5.11 Å². The van der Waals surface area contributed by atoms with Crippen LogP contribution in [0.4, 0.5) is 0 Å². The predicted molar refractivity (Wildman–Crippen MR) is 42.3 cm³/mol. The molecule has 0 aromatic carbocycles. The zero-order valence-corrected chi connectivity index (χ0v) is 6.99. The van der Waals surface area contributed by atoms with Crippen LogP contribution in [0.1, 0.15) is 26.2 Å². The van der Waals surface area contributed by atoms with Crippen molar-refractivity contribution in [2.24, 2.45) is 11.8 Å². The Balaban J connectivity index is 1.86. The van der Waals surface area contributed by atoms with E-state index in [2.05, 4.69) is 0 Å². The number of hydrogen-bond donors (Lipinski definition) is 1. The van der Waals surface area contributed by atoms with Crippen molar-refractivity contribution in [3.63, 3.8) is 0 Å². The third-order valence-electron chi connectivity index (χ3n) is 3.20. The van der Waals surface area contributed by atoms with Crippen LogP contribution in [-0.4, -0.2) is 23.9 Å². The van der Waals surface area contributed by atoms with E-state index in [1.54, 1.807) is 0 Å². The fraction of sp³-hybridized carbons (Fsp3) is 1.00. The van der Waals surface area contributed by atoms with Crippen LogP contribution in [0.5, 0.6) is 0 Å². The first kappa shape index (κ1) is 7.56. The summed E-state index contributed by atoms with van der Waals surface area (Å²) in [5.41, 5.74) is 0. The maximum absolute atomic E-state index is 9.45. The van der Waals surface area contributed by atoms with Gasteiger partial charge in [-0.05, 0) is 38.0 Å². The molecule has 4 atom stereocenters. The van der Waals surface area contributed by atoms with Gasteiger partial charge >= 0.3 is 0 Å². The summed E-state index contributed by atoms with van der Waals surface area (Å²) in [6, 6.07) is 0. The number of rotatable bonds is 2. The first-order valence-electron chi connectivity index (χ1n) is 4.62. The Morgan fingerprint density at radius 2 is 2.18 bits per heavy atom. The molecule has 0 bridgehead atoms. The summed E-state index contributed by atoms with van der Waals surface area (Å²) in [4.78, 5) is 0. The average molecular weight is 156 g/mol. The molecule has 2 heteroatoms. The molecule has 2 rings (SSSR count). The predicted octanol–water partition coefficient (Wildman–Crippen LogP) is 1.18. The highest BCUT2D eigenvalue weighted by molar-refractivity contribution is 4.99. The van der Waals surface area contributed by atoms with Crippen molar-refractivity contribution in [1.82, 2.24) is 0 Å². The molecule has 2 aliphatic carbocycles. The van der Waals surface area contributed by atoms with Gasteiger partial charge in [0.15, 0.2) is 0 Å². The molecule has 2 nitrogen and oxygen atoms in total. The Morgan fingerprint density at radius 1 is 1.36 bits per heavy atom. The van der Waals surface area contributed by atoms with Gasteiger partial charge in [0.2, 0.25) is 0 Å². The van der Waals surface area contributed by atoms with Crippen LogP contribution >= 0.6 is 0 Å². The van der Waals surface area contributed by atoms with E-state index in [0.717, 1.165) is 19.4 Å². The molecule has 2 aliphatic rings. The second-order valence-electron chi connectivity index (χ2n) is 3.70. The summed E-state index contributed by atoms with van der Waals surface area (Å²) in [6.07, 6.45) is 3.73. The Labute approximate surface area is 67.6 Å². The lowest BCUT2D eigenvalue weighted by molar-refractivity contribution is -0.0916. The van der Waals surface area contributed by atoms with E-state index in [1.807, 2.05) is 6.92 Å². The van der Waals surface area contributed by atoms with E-state index < -0.39 is 0 Å². The van der Waals surface area contributed by atoms with Gasteiger partial charge in [-0.1, -0.05) is 0 Å². The van der Waals surface area contributed by atoms with Crippen molar-refractivity contribution in [1.29, 1.82) is 0 Å². The number of hydrogen-bond acceptors (Lipinski definition) is 2. The molecule has 0 aromatic heterocycles. The SMILES string of the molecule is CCOC1C[C@@H]2[C@H](O)CC[C@H]12. The molecule has 0 radical (unpaired) electrons. The summed E-state index contributed by atoms with van der Waals surface area (Å²) in [5, 5.41) is 9.45. The molecule has 2 saturated carbocycles. The van der Waals surface area contributed by atoms with Gasteiger partial charge in [0.05, 0.1) is 12.2 Å². The molecule has 0 spiro atoms. The van der Waals surface area contributed by atoms with Crippen LogP contribution in [0.3, 0.4) is 0 Å². The third-order valence-corrected chi connectivity index (χ3v) is 3.20. The van der Waals surface area contributed by atoms with Crippen LogP contribution in [-0.2, 0) is 4.74 Å². The summed E-state index contributed by atoms with van der Waals surface area (Å²) < 4.78 is 5.53. The maximum atomic E-state index is 9.45. The van der Waals surface area contributed by atoms with Crippen LogP contribution in [0.15, 0.2) is 0 Å². The van der Waals surface area contributed by atoms with Crippen LogP contribution in [0.2, 0.25) is 0 Å². The minimum Gasteiger partial charge on any atom is -0.393 e. The van der Waals surface area contributed by atoms with Crippen molar-refractivity contribution >= 4 is 0 Å². The van der Waals surface area contributed by atoms with E-state index in [4.69, 9.17) is 4.74 Å². The Bertz CT molecular complexity index is 146. The smallest absolute Gasteiger partial charge is 0.0610 e. The molecule has 0 heterocycles. The topological polar surface area (TPSA) is 29.5 Å². The highest BCUT2D eigenvalue weighted by Gasteiger charge is 2.49. The first-order chi connectivity index (χ1) is 5.33. The maximum Gasteiger partial charge on any atom is 0.0610 e. The molecular formula is C9H16O2. The van der Waals surface area contributed by atoms with Crippen molar-refractivity contribution in [3.05, 3.63) is 0 Å². The average Bonchev–Trinajstić information content (AvgIpc) is 2.22. The number of ether oxygens (including phenoxy) is 1. The minimum atomic E-state index is -0.0169. The largest absolute Gasteiger partial charge is 0.393 e. The normalized spacial score (nSPS) is 48.5. The molecule has 1 unspecified atom stereocenters. The first-order valence-corrected chi connectivity index (χ1v) is 4.62. The molecule has 11 heavy (non-hydrogen) atoms. The van der Waals surface area contributed by atoms with Gasteiger partial charge in [0.25, 0.3) is 0 Å². The lowest BCUT2D eigenvalue weighted by Crippen LogP contribution is -2.43. The Kier molecular flexibility index (Phi) is 1.90. The van der Waals surface area contributed by atoms with Gasteiger partial charge in [-0.25, -0.2) is 0 Å². The van der Waals surface area contributed by atoms with E-state index in [-0.39, 0.29) is 6.10 Å². The minimum absolute atomic E-state index is 0.0169. The lowest BCUT2D eigenvalue weighted by atomic mass is 9.72.